The monoisotopic (exact) mass is 383 g/mol. The summed E-state index contributed by atoms with van der Waals surface area (Å²) in [4.78, 5) is 22.9. The van der Waals surface area contributed by atoms with Gasteiger partial charge in [0.1, 0.15) is 5.82 Å². The molecule has 1 aliphatic rings. The van der Waals surface area contributed by atoms with E-state index in [1.807, 2.05) is 30.9 Å². The molecular weight excluding hydrogens is 361 g/mol. The number of aryl methyl sites for hydroxylation is 2. The molecule has 28 heavy (non-hydrogen) atoms. The van der Waals surface area contributed by atoms with Gasteiger partial charge >= 0.3 is 0 Å². The Morgan fingerprint density at radius 1 is 1.21 bits per heavy atom. The summed E-state index contributed by atoms with van der Waals surface area (Å²) in [6.45, 7) is 7.17. The molecule has 3 aromatic rings. The molecule has 1 aliphatic heterocycles. The smallest absolute Gasteiger partial charge is 0.291 e. The summed E-state index contributed by atoms with van der Waals surface area (Å²) in [6, 6.07) is 6.92. The fourth-order valence-corrected chi connectivity index (χ4v) is 3.35. The largest absolute Gasteiger partial charge is 0.367 e. The molecule has 2 aromatic heterocycles. The SMILES string of the molecule is Cc1cc(C)n2nc(C(=O)NCc3ccc(N4CCNCC4)c(F)c3)nc2n1. The maximum Gasteiger partial charge on any atom is 0.291 e. The molecular formula is C19H22FN7O. The molecule has 1 amide bonds. The van der Waals surface area contributed by atoms with Crippen LogP contribution < -0.4 is 15.5 Å². The Balaban J connectivity index is 1.44. The van der Waals surface area contributed by atoms with E-state index >= 15 is 0 Å². The Kier molecular flexibility index (Phi) is 4.91. The maximum atomic E-state index is 14.5. The topological polar surface area (TPSA) is 87.5 Å². The minimum Gasteiger partial charge on any atom is -0.367 e. The van der Waals surface area contributed by atoms with Crippen LogP contribution in [0.15, 0.2) is 24.3 Å². The highest BCUT2D eigenvalue weighted by Crippen LogP contribution is 2.21. The molecule has 1 fully saturated rings. The fraction of sp³-hybridized carbons (Fsp3) is 0.368. The van der Waals surface area contributed by atoms with E-state index in [1.54, 1.807) is 6.07 Å². The number of benzene rings is 1. The van der Waals surface area contributed by atoms with Gasteiger partial charge in [-0.2, -0.15) is 4.98 Å². The molecule has 8 nitrogen and oxygen atoms in total. The molecule has 1 saturated heterocycles. The van der Waals surface area contributed by atoms with Crippen molar-refractivity contribution in [2.75, 3.05) is 31.1 Å². The van der Waals surface area contributed by atoms with Crippen LogP contribution in [0.1, 0.15) is 27.6 Å². The third kappa shape index (κ3) is 3.65. The molecule has 0 radical (unpaired) electrons. The van der Waals surface area contributed by atoms with Crippen LogP contribution in [0.2, 0.25) is 0 Å². The predicted molar refractivity (Wildman–Crippen MR) is 103 cm³/mol. The molecule has 4 rings (SSSR count). The minimum absolute atomic E-state index is 0.0408. The molecule has 1 aromatic carbocycles. The van der Waals surface area contributed by atoms with Crippen molar-refractivity contribution in [1.29, 1.82) is 0 Å². The highest BCUT2D eigenvalue weighted by atomic mass is 19.1. The third-order valence-electron chi connectivity index (χ3n) is 4.74. The number of anilines is 1. The van der Waals surface area contributed by atoms with E-state index in [0.29, 0.717) is 17.0 Å². The van der Waals surface area contributed by atoms with Gasteiger partial charge in [-0.05, 0) is 37.6 Å². The molecule has 146 valence electrons. The van der Waals surface area contributed by atoms with Crippen LogP contribution >= 0.6 is 0 Å². The first-order valence-corrected chi connectivity index (χ1v) is 9.24. The number of hydrogen-bond acceptors (Lipinski definition) is 6. The molecule has 2 N–H and O–H groups in total. The highest BCUT2D eigenvalue weighted by Gasteiger charge is 2.17. The van der Waals surface area contributed by atoms with Crippen LogP contribution in [0.5, 0.6) is 0 Å². The van der Waals surface area contributed by atoms with E-state index in [0.717, 1.165) is 37.6 Å². The van der Waals surface area contributed by atoms with Crippen LogP contribution in [0.4, 0.5) is 10.1 Å². The van der Waals surface area contributed by atoms with Crippen molar-refractivity contribution in [3.8, 4) is 0 Å². The number of piperazine rings is 1. The van der Waals surface area contributed by atoms with Crippen molar-refractivity contribution in [2.45, 2.75) is 20.4 Å². The molecule has 0 bridgehead atoms. The number of nitrogens with zero attached hydrogens (tertiary/aromatic N) is 5. The van der Waals surface area contributed by atoms with Crippen LogP contribution in [0.3, 0.4) is 0 Å². The third-order valence-corrected chi connectivity index (χ3v) is 4.74. The number of amides is 1. The Morgan fingerprint density at radius 3 is 2.75 bits per heavy atom. The van der Waals surface area contributed by atoms with Crippen LogP contribution in [-0.4, -0.2) is 51.7 Å². The number of carbonyl (C=O) groups is 1. The first-order chi connectivity index (χ1) is 13.5. The summed E-state index contributed by atoms with van der Waals surface area (Å²) in [6.07, 6.45) is 0. The number of hydrogen-bond donors (Lipinski definition) is 2. The summed E-state index contributed by atoms with van der Waals surface area (Å²) in [5.74, 6) is -0.280. The van der Waals surface area contributed by atoms with E-state index in [2.05, 4.69) is 25.7 Å². The number of nitrogens with one attached hydrogen (secondary N) is 2. The Labute approximate surface area is 161 Å². The van der Waals surface area contributed by atoms with Crippen LogP contribution in [-0.2, 0) is 6.54 Å². The fourth-order valence-electron chi connectivity index (χ4n) is 3.35. The van der Waals surface area contributed by atoms with Gasteiger partial charge in [0.2, 0.25) is 5.82 Å². The van der Waals surface area contributed by atoms with Gasteiger partial charge in [-0.1, -0.05) is 6.07 Å². The van der Waals surface area contributed by atoms with Gasteiger partial charge in [-0.15, -0.1) is 5.10 Å². The van der Waals surface area contributed by atoms with Crippen molar-refractivity contribution >= 4 is 17.4 Å². The van der Waals surface area contributed by atoms with Gasteiger partial charge in [0.05, 0.1) is 5.69 Å². The summed E-state index contributed by atoms with van der Waals surface area (Å²) in [5, 5.41) is 10.2. The highest BCUT2D eigenvalue weighted by molar-refractivity contribution is 5.90. The lowest BCUT2D eigenvalue weighted by molar-refractivity contribution is 0.0940. The maximum absolute atomic E-state index is 14.5. The van der Waals surface area contributed by atoms with Crippen molar-refractivity contribution in [1.82, 2.24) is 30.2 Å². The van der Waals surface area contributed by atoms with Gasteiger partial charge < -0.3 is 15.5 Å². The summed E-state index contributed by atoms with van der Waals surface area (Å²) in [7, 11) is 0. The van der Waals surface area contributed by atoms with Gasteiger partial charge in [-0.3, -0.25) is 4.79 Å². The Hall–Kier alpha value is -3.07. The van der Waals surface area contributed by atoms with E-state index < -0.39 is 5.91 Å². The van der Waals surface area contributed by atoms with Gasteiger partial charge in [0.25, 0.3) is 11.7 Å². The second kappa shape index (κ2) is 7.51. The van der Waals surface area contributed by atoms with Gasteiger partial charge in [0.15, 0.2) is 0 Å². The first kappa shape index (κ1) is 18.3. The van der Waals surface area contributed by atoms with Gasteiger partial charge in [-0.25, -0.2) is 13.9 Å². The molecule has 0 unspecified atom stereocenters. The van der Waals surface area contributed by atoms with E-state index in [9.17, 15) is 9.18 Å². The lowest BCUT2D eigenvalue weighted by Gasteiger charge is -2.29. The first-order valence-electron chi connectivity index (χ1n) is 9.24. The lowest BCUT2D eigenvalue weighted by atomic mass is 10.1. The molecule has 0 atom stereocenters. The second-order valence-electron chi connectivity index (χ2n) is 6.89. The molecule has 0 aliphatic carbocycles. The molecule has 9 heteroatoms. The number of carbonyl (C=O) groups excluding carboxylic acids is 1. The molecule has 0 spiro atoms. The standard InChI is InChI=1S/C19H22FN7O/c1-12-9-13(2)27-19(23-12)24-17(25-27)18(28)22-11-14-3-4-16(15(20)10-14)26-7-5-21-6-8-26/h3-4,9-10,21H,5-8,11H2,1-2H3,(H,22,28). The second-order valence-corrected chi connectivity index (χ2v) is 6.89. The van der Waals surface area contributed by atoms with E-state index in [1.165, 1.54) is 10.6 Å². The van der Waals surface area contributed by atoms with Crippen molar-refractivity contribution in [2.24, 2.45) is 0 Å². The normalized spacial score (nSPS) is 14.5. The molecule has 0 saturated carbocycles. The zero-order chi connectivity index (χ0) is 19.7. The molecule has 3 heterocycles. The van der Waals surface area contributed by atoms with E-state index in [4.69, 9.17) is 0 Å². The van der Waals surface area contributed by atoms with Gasteiger partial charge in [0, 0.05) is 44.1 Å². The average Bonchev–Trinajstić information content (AvgIpc) is 3.11. The minimum atomic E-state index is -0.422. The number of aromatic nitrogens is 4. The van der Waals surface area contributed by atoms with E-state index in [-0.39, 0.29) is 18.2 Å². The summed E-state index contributed by atoms with van der Waals surface area (Å²) < 4.78 is 16.0. The lowest BCUT2D eigenvalue weighted by Crippen LogP contribution is -2.43. The van der Waals surface area contributed by atoms with Crippen molar-refractivity contribution in [3.63, 3.8) is 0 Å². The zero-order valence-corrected chi connectivity index (χ0v) is 15.9. The predicted octanol–water partition coefficient (Wildman–Crippen LogP) is 1.22. The summed E-state index contributed by atoms with van der Waals surface area (Å²) >= 11 is 0. The number of fused-ring (bicyclic) bond motifs is 1. The van der Waals surface area contributed by atoms with Crippen LogP contribution in [0.25, 0.3) is 5.78 Å². The van der Waals surface area contributed by atoms with Crippen molar-refractivity contribution < 1.29 is 9.18 Å². The Morgan fingerprint density at radius 2 is 2.00 bits per heavy atom. The van der Waals surface area contributed by atoms with Crippen molar-refractivity contribution in [3.05, 3.63) is 52.9 Å². The quantitative estimate of drug-likeness (QED) is 0.705. The van der Waals surface area contributed by atoms with Crippen LogP contribution in [0, 0.1) is 19.7 Å². The average molecular weight is 383 g/mol. The Bertz CT molecular complexity index is 1030. The zero-order valence-electron chi connectivity index (χ0n) is 15.9. The number of halogens is 1. The summed E-state index contributed by atoms with van der Waals surface area (Å²) in [5.41, 5.74) is 2.93. The number of rotatable bonds is 4.